The van der Waals surface area contributed by atoms with Crippen LogP contribution in [0.25, 0.3) is 0 Å². The number of nitrogens with zero attached hydrogens (tertiary/aromatic N) is 1. The van der Waals surface area contributed by atoms with Crippen molar-refractivity contribution in [1.82, 2.24) is 4.90 Å². The first kappa shape index (κ1) is 18.6. The smallest absolute Gasteiger partial charge is 0.410 e. The van der Waals surface area contributed by atoms with Crippen LogP contribution in [0.4, 0.5) is 10.5 Å². The Morgan fingerprint density at radius 2 is 1.88 bits per heavy atom. The summed E-state index contributed by atoms with van der Waals surface area (Å²) in [5.74, 6) is 0.573. The number of likely N-dealkylation sites (tertiary alicyclic amines) is 1. The molecule has 1 saturated heterocycles. The minimum absolute atomic E-state index is 0.184. The summed E-state index contributed by atoms with van der Waals surface area (Å²) in [5.41, 5.74) is 3.34. The monoisotopic (exact) mass is 332 g/mol. The molecule has 2 rings (SSSR count). The fourth-order valence-electron chi connectivity index (χ4n) is 3.16. The largest absolute Gasteiger partial charge is 0.444 e. The minimum Gasteiger partial charge on any atom is -0.444 e. The third-order valence-corrected chi connectivity index (χ3v) is 4.67. The normalized spacial score (nSPS) is 17.5. The molecule has 0 saturated carbocycles. The van der Waals surface area contributed by atoms with Crippen molar-refractivity contribution in [2.75, 3.05) is 18.4 Å². The highest BCUT2D eigenvalue weighted by Crippen LogP contribution is 2.26. The van der Waals surface area contributed by atoms with Crippen LogP contribution < -0.4 is 5.32 Å². The number of anilines is 1. The molecule has 0 aliphatic carbocycles. The van der Waals surface area contributed by atoms with Gasteiger partial charge in [0.25, 0.3) is 0 Å². The topological polar surface area (TPSA) is 41.6 Å². The molecule has 1 unspecified atom stereocenters. The quantitative estimate of drug-likeness (QED) is 0.868. The Morgan fingerprint density at radius 3 is 2.46 bits per heavy atom. The third-order valence-electron chi connectivity index (χ3n) is 4.67. The summed E-state index contributed by atoms with van der Waals surface area (Å²) in [6.07, 6.45) is 1.84. The van der Waals surface area contributed by atoms with Gasteiger partial charge >= 0.3 is 6.09 Å². The molecule has 0 radical (unpaired) electrons. The van der Waals surface area contributed by atoms with Crippen molar-refractivity contribution in [2.45, 2.75) is 66.0 Å². The molecular weight excluding hydrogens is 300 g/mol. The van der Waals surface area contributed by atoms with Gasteiger partial charge in [-0.05, 0) is 77.5 Å². The molecule has 1 atom stereocenters. The molecule has 4 nitrogen and oxygen atoms in total. The summed E-state index contributed by atoms with van der Waals surface area (Å²) in [6.45, 7) is 13.8. The molecule has 1 aromatic rings. The van der Waals surface area contributed by atoms with Crippen LogP contribution in [0.3, 0.4) is 0 Å². The van der Waals surface area contributed by atoms with Crippen LogP contribution >= 0.6 is 0 Å². The van der Waals surface area contributed by atoms with Gasteiger partial charge in [-0.2, -0.15) is 0 Å². The lowest BCUT2D eigenvalue weighted by molar-refractivity contribution is 0.0179. The van der Waals surface area contributed by atoms with Crippen molar-refractivity contribution < 1.29 is 9.53 Å². The highest BCUT2D eigenvalue weighted by atomic mass is 16.6. The minimum atomic E-state index is -0.425. The fourth-order valence-corrected chi connectivity index (χ4v) is 3.16. The first-order valence-corrected chi connectivity index (χ1v) is 8.97. The Morgan fingerprint density at radius 1 is 1.25 bits per heavy atom. The second-order valence-electron chi connectivity index (χ2n) is 8.06. The number of nitrogens with one attached hydrogen (secondary N) is 1. The molecule has 0 spiro atoms. The summed E-state index contributed by atoms with van der Waals surface area (Å²) >= 11 is 0. The molecule has 1 amide bonds. The van der Waals surface area contributed by atoms with E-state index in [0.29, 0.717) is 12.0 Å². The molecule has 24 heavy (non-hydrogen) atoms. The fraction of sp³-hybridized carbons (Fsp3) is 0.650. The van der Waals surface area contributed by atoms with E-state index in [1.807, 2.05) is 25.7 Å². The maximum absolute atomic E-state index is 12.2. The standard InChI is InChI=1S/C20H32N2O2/c1-14-7-8-15(2)18(13-14)21-16(3)17-9-11-22(12-10-17)19(23)24-20(4,5)6/h7-8,13,16-17,21H,9-12H2,1-6H3. The van der Waals surface area contributed by atoms with Crippen molar-refractivity contribution in [2.24, 2.45) is 5.92 Å². The zero-order valence-corrected chi connectivity index (χ0v) is 16.0. The summed E-state index contributed by atoms with van der Waals surface area (Å²) in [6, 6.07) is 6.91. The Labute approximate surface area is 146 Å². The average Bonchev–Trinajstić information content (AvgIpc) is 2.49. The Hall–Kier alpha value is -1.71. The van der Waals surface area contributed by atoms with Crippen molar-refractivity contribution in [3.05, 3.63) is 29.3 Å². The van der Waals surface area contributed by atoms with Crippen LogP contribution in [0.2, 0.25) is 0 Å². The Balaban J connectivity index is 1.87. The van der Waals surface area contributed by atoms with Gasteiger partial charge in [-0.25, -0.2) is 4.79 Å². The van der Waals surface area contributed by atoms with Crippen LogP contribution in [0.5, 0.6) is 0 Å². The molecule has 1 aromatic carbocycles. The summed E-state index contributed by atoms with van der Waals surface area (Å²) in [4.78, 5) is 14.0. The van der Waals surface area contributed by atoms with Gasteiger partial charge in [-0.3, -0.25) is 0 Å². The number of rotatable bonds is 3. The van der Waals surface area contributed by atoms with Gasteiger partial charge in [0.05, 0.1) is 0 Å². The van der Waals surface area contributed by atoms with Gasteiger partial charge < -0.3 is 15.0 Å². The number of benzene rings is 1. The first-order valence-electron chi connectivity index (χ1n) is 8.97. The maximum Gasteiger partial charge on any atom is 0.410 e. The van der Waals surface area contributed by atoms with Crippen LogP contribution in [0.1, 0.15) is 51.7 Å². The molecule has 1 aliphatic rings. The zero-order valence-electron chi connectivity index (χ0n) is 16.0. The lowest BCUT2D eigenvalue weighted by Crippen LogP contribution is -2.44. The SMILES string of the molecule is Cc1ccc(C)c(NC(C)C2CCN(C(=O)OC(C)(C)C)CC2)c1. The number of piperidine rings is 1. The number of amides is 1. The number of aryl methyl sites for hydroxylation is 2. The van der Waals surface area contributed by atoms with E-state index in [1.165, 1.54) is 16.8 Å². The zero-order chi connectivity index (χ0) is 17.9. The number of carbonyl (C=O) groups is 1. The molecule has 0 bridgehead atoms. The first-order chi connectivity index (χ1) is 11.2. The van der Waals surface area contributed by atoms with Gasteiger partial charge in [0.15, 0.2) is 0 Å². The maximum atomic E-state index is 12.2. The van der Waals surface area contributed by atoms with E-state index in [0.717, 1.165) is 25.9 Å². The van der Waals surface area contributed by atoms with Crippen LogP contribution in [0, 0.1) is 19.8 Å². The van der Waals surface area contributed by atoms with Crippen molar-refractivity contribution in [1.29, 1.82) is 0 Å². The van der Waals surface area contributed by atoms with Crippen molar-refractivity contribution >= 4 is 11.8 Å². The molecular formula is C20H32N2O2. The summed E-state index contributed by atoms with van der Waals surface area (Å²) < 4.78 is 5.47. The van der Waals surface area contributed by atoms with Crippen LogP contribution in [-0.2, 0) is 4.74 Å². The van der Waals surface area contributed by atoms with Crippen LogP contribution in [0.15, 0.2) is 18.2 Å². The molecule has 1 N–H and O–H groups in total. The van der Waals surface area contributed by atoms with Crippen molar-refractivity contribution in [3.63, 3.8) is 0 Å². The second-order valence-corrected chi connectivity index (χ2v) is 8.06. The van der Waals surface area contributed by atoms with E-state index in [9.17, 15) is 4.79 Å². The van der Waals surface area contributed by atoms with Gasteiger partial charge in [0.2, 0.25) is 0 Å². The molecule has 4 heteroatoms. The predicted molar refractivity (Wildman–Crippen MR) is 99.5 cm³/mol. The lowest BCUT2D eigenvalue weighted by atomic mass is 9.90. The van der Waals surface area contributed by atoms with E-state index >= 15 is 0 Å². The Bertz CT molecular complexity index is 569. The number of hydrogen-bond acceptors (Lipinski definition) is 3. The highest BCUT2D eigenvalue weighted by Gasteiger charge is 2.29. The van der Waals surface area contributed by atoms with E-state index in [1.54, 1.807) is 0 Å². The van der Waals surface area contributed by atoms with E-state index in [-0.39, 0.29) is 6.09 Å². The van der Waals surface area contributed by atoms with Crippen molar-refractivity contribution in [3.8, 4) is 0 Å². The Kier molecular flexibility index (Phi) is 5.79. The molecule has 134 valence electrons. The summed E-state index contributed by atoms with van der Waals surface area (Å²) in [5, 5.41) is 3.67. The molecule has 1 aliphatic heterocycles. The molecule has 1 fully saturated rings. The van der Waals surface area contributed by atoms with Gasteiger partial charge in [-0.15, -0.1) is 0 Å². The van der Waals surface area contributed by atoms with E-state index < -0.39 is 5.60 Å². The second kappa shape index (κ2) is 7.45. The average molecular weight is 332 g/mol. The predicted octanol–water partition coefficient (Wildman–Crippen LogP) is 4.75. The van der Waals surface area contributed by atoms with Gasteiger partial charge in [-0.1, -0.05) is 12.1 Å². The van der Waals surface area contributed by atoms with E-state index in [2.05, 4.69) is 44.3 Å². The number of hydrogen-bond donors (Lipinski definition) is 1. The third kappa shape index (κ3) is 5.15. The summed E-state index contributed by atoms with van der Waals surface area (Å²) in [7, 11) is 0. The van der Waals surface area contributed by atoms with Crippen LogP contribution in [-0.4, -0.2) is 35.7 Å². The van der Waals surface area contributed by atoms with Gasteiger partial charge in [0, 0.05) is 24.8 Å². The number of carbonyl (C=O) groups excluding carboxylic acids is 1. The molecule has 1 heterocycles. The van der Waals surface area contributed by atoms with Gasteiger partial charge in [0.1, 0.15) is 5.60 Å². The lowest BCUT2D eigenvalue weighted by Gasteiger charge is -2.36. The molecule has 0 aromatic heterocycles. The number of ether oxygens (including phenoxy) is 1. The highest BCUT2D eigenvalue weighted by molar-refractivity contribution is 5.68. The van der Waals surface area contributed by atoms with E-state index in [4.69, 9.17) is 4.74 Å².